The van der Waals surface area contributed by atoms with Crippen LogP contribution < -0.4 is 10.5 Å². The molecule has 8 nitrogen and oxygen atoms in total. The third-order valence-corrected chi connectivity index (χ3v) is 4.87. The summed E-state index contributed by atoms with van der Waals surface area (Å²) in [5, 5.41) is 4.17. The van der Waals surface area contributed by atoms with Gasteiger partial charge in [-0.3, -0.25) is 14.3 Å². The van der Waals surface area contributed by atoms with Crippen LogP contribution in [0.3, 0.4) is 0 Å². The fourth-order valence-corrected chi connectivity index (χ4v) is 3.33. The van der Waals surface area contributed by atoms with Gasteiger partial charge >= 0.3 is 0 Å². The van der Waals surface area contributed by atoms with Gasteiger partial charge in [-0.15, -0.1) is 0 Å². The van der Waals surface area contributed by atoms with Gasteiger partial charge in [-0.25, -0.2) is 23.4 Å². The fourth-order valence-electron chi connectivity index (χ4n) is 3.33. The largest absolute Gasteiger partial charge is 0.355 e. The lowest BCUT2D eigenvalue weighted by atomic mass is 9.97. The van der Waals surface area contributed by atoms with E-state index in [-0.39, 0.29) is 5.92 Å². The van der Waals surface area contributed by atoms with Gasteiger partial charge in [-0.1, -0.05) is 0 Å². The summed E-state index contributed by atoms with van der Waals surface area (Å²) in [6.07, 6.45) is 7.08. The number of anilines is 1. The van der Waals surface area contributed by atoms with Crippen molar-refractivity contribution in [2.24, 2.45) is 5.92 Å². The van der Waals surface area contributed by atoms with Crippen LogP contribution in [0.15, 0.2) is 48.0 Å². The molecule has 4 heterocycles. The van der Waals surface area contributed by atoms with Crippen LogP contribution in [0.25, 0.3) is 5.82 Å². The van der Waals surface area contributed by atoms with Crippen LogP contribution in [0.2, 0.25) is 0 Å². The monoisotopic (exact) mass is 387 g/mol. The summed E-state index contributed by atoms with van der Waals surface area (Å²) >= 11 is 0. The van der Waals surface area contributed by atoms with E-state index in [1.165, 1.54) is 10.9 Å². The van der Waals surface area contributed by atoms with Crippen LogP contribution in [0, 0.1) is 5.92 Å². The molecule has 1 fully saturated rings. The number of hydrogen-bond donors (Lipinski definition) is 0. The first-order valence-electron chi connectivity index (χ1n) is 9.01. The number of nitrogens with zero attached hydrogens (tertiary/aromatic N) is 7. The lowest BCUT2D eigenvalue weighted by Crippen LogP contribution is -2.37. The summed E-state index contributed by atoms with van der Waals surface area (Å²) in [4.78, 5) is 26.7. The van der Waals surface area contributed by atoms with E-state index in [2.05, 4.69) is 25.0 Å². The zero-order valence-corrected chi connectivity index (χ0v) is 15.0. The zero-order valence-electron chi connectivity index (χ0n) is 15.0. The molecule has 28 heavy (non-hydrogen) atoms. The third-order valence-electron chi connectivity index (χ3n) is 4.87. The molecule has 146 valence electrons. The summed E-state index contributed by atoms with van der Waals surface area (Å²) in [5.41, 5.74) is -0.919. The molecule has 0 atom stereocenters. The van der Waals surface area contributed by atoms with E-state index in [0.717, 1.165) is 37.8 Å². The Labute approximate surface area is 159 Å². The Morgan fingerprint density at radius 2 is 1.96 bits per heavy atom. The van der Waals surface area contributed by atoms with Gasteiger partial charge in [-0.05, 0) is 24.8 Å². The molecule has 3 aromatic heterocycles. The van der Waals surface area contributed by atoms with Crippen molar-refractivity contribution < 1.29 is 8.78 Å². The lowest BCUT2D eigenvalue weighted by molar-refractivity contribution is 0.145. The van der Waals surface area contributed by atoms with Crippen molar-refractivity contribution in [3.05, 3.63) is 59.3 Å². The van der Waals surface area contributed by atoms with E-state index < -0.39 is 17.7 Å². The Morgan fingerprint density at radius 3 is 2.64 bits per heavy atom. The molecule has 0 aliphatic carbocycles. The quantitative estimate of drug-likeness (QED) is 0.667. The standard InChI is InChI=1S/C18H19F2N7O/c19-18(20)14-8-17(28)26(12-22-14)11-13-2-6-25(7-3-13)15-9-21-10-16(24-15)27-5-1-4-23-27/h1,4-5,8-10,12-13,18H,2-3,6-7,11H2. The highest BCUT2D eigenvalue weighted by atomic mass is 19.3. The van der Waals surface area contributed by atoms with Crippen LogP contribution in [-0.2, 0) is 6.54 Å². The average Bonchev–Trinajstić information content (AvgIpc) is 3.25. The molecule has 0 unspecified atom stereocenters. The molecule has 0 amide bonds. The Bertz CT molecular complexity index is 982. The first-order chi connectivity index (χ1) is 13.6. The second kappa shape index (κ2) is 7.83. The van der Waals surface area contributed by atoms with E-state index in [1.807, 2.05) is 12.3 Å². The van der Waals surface area contributed by atoms with Gasteiger partial charge in [0.15, 0.2) is 5.82 Å². The molecule has 10 heteroatoms. The van der Waals surface area contributed by atoms with Crippen molar-refractivity contribution in [1.82, 2.24) is 29.3 Å². The number of rotatable bonds is 5. The topological polar surface area (TPSA) is 81.7 Å². The van der Waals surface area contributed by atoms with Gasteiger partial charge in [0.25, 0.3) is 12.0 Å². The predicted molar refractivity (Wildman–Crippen MR) is 97.5 cm³/mol. The summed E-state index contributed by atoms with van der Waals surface area (Å²) in [6.45, 7) is 2.03. The van der Waals surface area contributed by atoms with E-state index >= 15 is 0 Å². The smallest absolute Gasteiger partial charge is 0.280 e. The molecule has 3 aromatic rings. The molecule has 0 radical (unpaired) electrons. The molecule has 1 saturated heterocycles. The van der Waals surface area contributed by atoms with Crippen molar-refractivity contribution in [3.63, 3.8) is 0 Å². The molecule has 0 bridgehead atoms. The van der Waals surface area contributed by atoms with Crippen molar-refractivity contribution in [1.29, 1.82) is 0 Å². The predicted octanol–water partition coefficient (Wildman–Crippen LogP) is 2.07. The highest BCUT2D eigenvalue weighted by Gasteiger charge is 2.22. The number of halogens is 2. The maximum atomic E-state index is 12.6. The maximum Gasteiger partial charge on any atom is 0.280 e. The SMILES string of the molecule is O=c1cc(C(F)F)ncn1CC1CCN(c2cncc(-n3cccn3)n2)CC1. The molecule has 0 aromatic carbocycles. The van der Waals surface area contributed by atoms with E-state index in [4.69, 9.17) is 0 Å². The van der Waals surface area contributed by atoms with Crippen LogP contribution in [0.5, 0.6) is 0 Å². The first kappa shape index (κ1) is 18.2. The van der Waals surface area contributed by atoms with Crippen LogP contribution in [-0.4, -0.2) is 42.4 Å². The molecular formula is C18H19F2N7O. The summed E-state index contributed by atoms with van der Waals surface area (Å²) < 4.78 is 28.3. The average molecular weight is 387 g/mol. The lowest BCUT2D eigenvalue weighted by Gasteiger charge is -2.32. The van der Waals surface area contributed by atoms with Gasteiger partial charge in [0.1, 0.15) is 11.5 Å². The van der Waals surface area contributed by atoms with Crippen molar-refractivity contribution >= 4 is 5.82 Å². The van der Waals surface area contributed by atoms with Crippen molar-refractivity contribution in [3.8, 4) is 5.82 Å². The molecule has 0 saturated carbocycles. The van der Waals surface area contributed by atoms with Crippen LogP contribution in [0.4, 0.5) is 14.6 Å². The minimum Gasteiger partial charge on any atom is -0.355 e. The van der Waals surface area contributed by atoms with Crippen LogP contribution >= 0.6 is 0 Å². The van der Waals surface area contributed by atoms with Crippen molar-refractivity contribution in [2.45, 2.75) is 25.8 Å². The number of alkyl halides is 2. The second-order valence-electron chi connectivity index (χ2n) is 6.72. The molecule has 0 N–H and O–H groups in total. The van der Waals surface area contributed by atoms with Gasteiger partial charge < -0.3 is 4.90 Å². The summed E-state index contributed by atoms with van der Waals surface area (Å²) in [7, 11) is 0. The van der Waals surface area contributed by atoms with Gasteiger partial charge in [0, 0.05) is 38.1 Å². The number of aromatic nitrogens is 6. The van der Waals surface area contributed by atoms with E-state index in [1.54, 1.807) is 23.3 Å². The Morgan fingerprint density at radius 1 is 1.18 bits per heavy atom. The van der Waals surface area contributed by atoms with Gasteiger partial charge in [0.05, 0.1) is 18.7 Å². The Hall–Kier alpha value is -3.17. The molecule has 4 rings (SSSR count). The minimum atomic E-state index is -2.73. The summed E-state index contributed by atoms with van der Waals surface area (Å²) in [6, 6.07) is 2.74. The number of hydrogen-bond acceptors (Lipinski definition) is 6. The Kier molecular flexibility index (Phi) is 5.09. The minimum absolute atomic E-state index is 0.274. The highest BCUT2D eigenvalue weighted by molar-refractivity contribution is 5.39. The maximum absolute atomic E-state index is 12.6. The van der Waals surface area contributed by atoms with E-state index in [0.29, 0.717) is 12.4 Å². The van der Waals surface area contributed by atoms with Crippen LogP contribution in [0.1, 0.15) is 25.0 Å². The molecule has 1 aliphatic heterocycles. The fraction of sp³-hybridized carbons (Fsp3) is 0.389. The zero-order chi connectivity index (χ0) is 19.5. The third kappa shape index (κ3) is 3.90. The molecule has 1 aliphatic rings. The number of piperidine rings is 1. The molecule has 0 spiro atoms. The normalized spacial score (nSPS) is 15.3. The van der Waals surface area contributed by atoms with E-state index in [9.17, 15) is 13.6 Å². The Balaban J connectivity index is 1.39. The second-order valence-corrected chi connectivity index (χ2v) is 6.72. The van der Waals surface area contributed by atoms with Gasteiger partial charge in [0.2, 0.25) is 0 Å². The summed E-state index contributed by atoms with van der Waals surface area (Å²) in [5.74, 6) is 1.71. The molecular weight excluding hydrogens is 368 g/mol. The first-order valence-corrected chi connectivity index (χ1v) is 9.01. The highest BCUT2D eigenvalue weighted by Crippen LogP contribution is 2.23. The van der Waals surface area contributed by atoms with Gasteiger partial charge in [-0.2, -0.15) is 5.10 Å². The van der Waals surface area contributed by atoms with Crippen molar-refractivity contribution in [2.75, 3.05) is 18.0 Å².